The zero-order valence-corrected chi connectivity index (χ0v) is 21.6. The molecule has 0 saturated carbocycles. The molecule has 1 aromatic rings. The third-order valence-electron chi connectivity index (χ3n) is 4.93. The molecule has 9 nitrogen and oxygen atoms in total. The number of guanidine groups is 1. The molecule has 0 unspecified atom stereocenters. The number of fused-ring (bicyclic) bond motifs is 1. The number of likely N-dealkylation sites (tertiary alicyclic amines) is 1. The number of hydrogen-bond acceptors (Lipinski definition) is 5. The van der Waals surface area contributed by atoms with Gasteiger partial charge in [-0.2, -0.15) is 0 Å². The summed E-state index contributed by atoms with van der Waals surface area (Å²) in [6.45, 7) is 7.25. The van der Waals surface area contributed by atoms with Crippen molar-refractivity contribution in [1.82, 2.24) is 15.5 Å². The number of ether oxygens (including phenoxy) is 1. The van der Waals surface area contributed by atoms with Gasteiger partial charge < -0.3 is 20.3 Å². The van der Waals surface area contributed by atoms with Gasteiger partial charge in [0.05, 0.1) is 17.5 Å². The van der Waals surface area contributed by atoms with E-state index in [9.17, 15) is 13.2 Å². The number of halogens is 1. The summed E-state index contributed by atoms with van der Waals surface area (Å²) in [5.41, 5.74) is 1.32. The van der Waals surface area contributed by atoms with E-state index in [0.717, 1.165) is 17.7 Å². The lowest BCUT2D eigenvalue weighted by Crippen LogP contribution is -2.63. The number of carbonyl (C=O) groups is 1. The Morgan fingerprint density at radius 2 is 1.94 bits per heavy atom. The maximum atomic E-state index is 12.8. The first kappa shape index (κ1) is 25.5. The second-order valence-electron chi connectivity index (χ2n) is 8.49. The zero-order chi connectivity index (χ0) is 21.9. The Kier molecular flexibility index (Phi) is 8.42. The fraction of sp³-hybridized carbons (Fsp3) is 0.600. The summed E-state index contributed by atoms with van der Waals surface area (Å²) in [7, 11) is -1.79. The molecule has 0 aromatic heterocycles. The molecule has 2 N–H and O–H groups in total. The quantitative estimate of drug-likeness (QED) is 0.321. The van der Waals surface area contributed by atoms with E-state index in [1.807, 2.05) is 45.0 Å². The maximum absolute atomic E-state index is 12.8. The van der Waals surface area contributed by atoms with Gasteiger partial charge in [-0.15, -0.1) is 24.0 Å². The fourth-order valence-corrected chi connectivity index (χ4v) is 4.87. The first-order chi connectivity index (χ1) is 14.1. The summed E-state index contributed by atoms with van der Waals surface area (Å²) >= 11 is 0. The molecule has 3 rings (SSSR count). The van der Waals surface area contributed by atoms with Crippen LogP contribution in [-0.2, 0) is 21.2 Å². The lowest BCUT2D eigenvalue weighted by atomic mass is 10.1. The number of para-hydroxylation sites is 1. The molecule has 11 heteroatoms. The molecule has 0 atom stereocenters. The monoisotopic (exact) mass is 565 g/mol. The molecule has 1 fully saturated rings. The highest BCUT2D eigenvalue weighted by atomic mass is 127. The largest absolute Gasteiger partial charge is 0.444 e. The Bertz CT molecular complexity index is 910. The third-order valence-corrected chi connectivity index (χ3v) is 6.70. The molecule has 0 bridgehead atoms. The first-order valence-corrected chi connectivity index (χ1v) is 11.7. The number of benzene rings is 1. The molecular formula is C20H32IN5O4S. The minimum Gasteiger partial charge on any atom is -0.444 e. The van der Waals surface area contributed by atoms with Gasteiger partial charge in [-0.3, -0.25) is 9.30 Å². The second kappa shape index (κ2) is 10.2. The van der Waals surface area contributed by atoms with Crippen molar-refractivity contribution in [2.45, 2.75) is 38.8 Å². The SMILES string of the molecule is CN=C(NCCS(=O)(=O)N1CCc2ccccc21)NC1CN(C(=O)OC(C)(C)C)C1.I. The van der Waals surface area contributed by atoms with Gasteiger partial charge >= 0.3 is 6.09 Å². The van der Waals surface area contributed by atoms with Gasteiger partial charge in [0.15, 0.2) is 5.96 Å². The Hall–Kier alpha value is -1.76. The van der Waals surface area contributed by atoms with Gasteiger partial charge in [-0.25, -0.2) is 13.2 Å². The van der Waals surface area contributed by atoms with Crippen molar-refractivity contribution in [3.63, 3.8) is 0 Å². The molecule has 2 heterocycles. The number of carbonyl (C=O) groups excluding carboxylic acids is 1. The normalized spacial score (nSPS) is 16.8. The van der Waals surface area contributed by atoms with E-state index in [0.29, 0.717) is 25.6 Å². The van der Waals surface area contributed by atoms with Gasteiger partial charge in [0.25, 0.3) is 0 Å². The van der Waals surface area contributed by atoms with Crippen molar-refractivity contribution >= 4 is 51.7 Å². The smallest absolute Gasteiger partial charge is 0.410 e. The molecule has 0 radical (unpaired) electrons. The van der Waals surface area contributed by atoms with E-state index in [1.165, 1.54) is 4.31 Å². The fourth-order valence-electron chi connectivity index (χ4n) is 3.44. The highest BCUT2D eigenvalue weighted by Crippen LogP contribution is 2.29. The number of nitrogens with zero attached hydrogens (tertiary/aromatic N) is 3. The molecule has 1 aromatic carbocycles. The van der Waals surface area contributed by atoms with Gasteiger partial charge in [0.1, 0.15) is 5.60 Å². The van der Waals surface area contributed by atoms with Crippen LogP contribution >= 0.6 is 24.0 Å². The number of hydrogen-bond donors (Lipinski definition) is 2. The average Bonchev–Trinajstić information content (AvgIpc) is 3.06. The predicted molar refractivity (Wildman–Crippen MR) is 133 cm³/mol. The topological polar surface area (TPSA) is 103 Å². The summed E-state index contributed by atoms with van der Waals surface area (Å²) in [5.74, 6) is 0.484. The molecule has 0 aliphatic carbocycles. The number of nitrogens with one attached hydrogen (secondary N) is 2. The molecule has 31 heavy (non-hydrogen) atoms. The van der Waals surface area contributed by atoms with Crippen LogP contribution < -0.4 is 14.9 Å². The molecule has 2 aliphatic rings. The van der Waals surface area contributed by atoms with Crippen LogP contribution in [0.2, 0.25) is 0 Å². The molecule has 1 amide bonds. The number of rotatable bonds is 5. The number of sulfonamides is 1. The van der Waals surface area contributed by atoms with Crippen molar-refractivity contribution in [2.24, 2.45) is 4.99 Å². The second-order valence-corrected chi connectivity index (χ2v) is 10.5. The summed E-state index contributed by atoms with van der Waals surface area (Å²) < 4.78 is 32.3. The molecule has 0 spiro atoms. The number of amides is 1. The minimum atomic E-state index is -3.42. The Morgan fingerprint density at radius 3 is 2.58 bits per heavy atom. The van der Waals surface area contributed by atoms with Gasteiger partial charge in [0, 0.05) is 33.2 Å². The van der Waals surface area contributed by atoms with Crippen molar-refractivity contribution in [3.8, 4) is 0 Å². The van der Waals surface area contributed by atoms with E-state index in [4.69, 9.17) is 4.74 Å². The van der Waals surface area contributed by atoms with Crippen molar-refractivity contribution in [2.75, 3.05) is 43.3 Å². The van der Waals surface area contributed by atoms with Crippen LogP contribution in [0.15, 0.2) is 29.3 Å². The lowest BCUT2D eigenvalue weighted by Gasteiger charge is -2.40. The number of aliphatic imine (C=N–C) groups is 1. The standard InChI is InChI=1S/C20H31N5O4S.HI/c1-20(2,3)29-19(26)24-13-16(14-24)23-18(21-4)22-10-12-30(27,28)25-11-9-15-7-5-6-8-17(15)25;/h5-8,16H,9-14H2,1-4H3,(H2,21,22,23);1H. The van der Waals surface area contributed by atoms with Crippen molar-refractivity contribution < 1.29 is 17.9 Å². The molecule has 1 saturated heterocycles. The summed E-state index contributed by atoms with van der Waals surface area (Å²) in [4.78, 5) is 17.8. The highest BCUT2D eigenvalue weighted by Gasteiger charge is 2.34. The Labute approximate surface area is 201 Å². The number of anilines is 1. The van der Waals surface area contributed by atoms with E-state index < -0.39 is 15.6 Å². The van der Waals surface area contributed by atoms with E-state index >= 15 is 0 Å². The predicted octanol–water partition coefficient (Wildman–Crippen LogP) is 1.78. The van der Waals surface area contributed by atoms with Crippen LogP contribution in [0.4, 0.5) is 10.5 Å². The molecular weight excluding hydrogens is 533 g/mol. The molecule has 2 aliphatic heterocycles. The summed E-state index contributed by atoms with van der Waals surface area (Å²) in [6, 6.07) is 7.65. The minimum absolute atomic E-state index is 0. The Morgan fingerprint density at radius 1 is 1.26 bits per heavy atom. The van der Waals surface area contributed by atoms with Crippen LogP contribution in [-0.4, -0.2) is 76.0 Å². The van der Waals surface area contributed by atoms with Crippen molar-refractivity contribution in [3.05, 3.63) is 29.8 Å². The van der Waals surface area contributed by atoms with Crippen LogP contribution in [0.3, 0.4) is 0 Å². The van der Waals surface area contributed by atoms with E-state index in [2.05, 4.69) is 15.6 Å². The van der Waals surface area contributed by atoms with Crippen LogP contribution in [0.5, 0.6) is 0 Å². The summed E-state index contributed by atoms with van der Waals surface area (Å²) in [6.07, 6.45) is 0.405. The first-order valence-electron chi connectivity index (χ1n) is 10.1. The van der Waals surface area contributed by atoms with E-state index in [-0.39, 0.29) is 48.4 Å². The van der Waals surface area contributed by atoms with Gasteiger partial charge in [-0.1, -0.05) is 18.2 Å². The summed E-state index contributed by atoms with van der Waals surface area (Å²) in [5, 5.41) is 6.26. The highest BCUT2D eigenvalue weighted by molar-refractivity contribution is 14.0. The van der Waals surface area contributed by atoms with Crippen LogP contribution in [0.1, 0.15) is 26.3 Å². The van der Waals surface area contributed by atoms with Gasteiger partial charge in [-0.05, 0) is 38.8 Å². The van der Waals surface area contributed by atoms with Crippen LogP contribution in [0.25, 0.3) is 0 Å². The van der Waals surface area contributed by atoms with E-state index in [1.54, 1.807) is 11.9 Å². The lowest BCUT2D eigenvalue weighted by molar-refractivity contribution is 0.00701. The third kappa shape index (κ3) is 6.61. The zero-order valence-electron chi connectivity index (χ0n) is 18.4. The van der Waals surface area contributed by atoms with Crippen LogP contribution in [0, 0.1) is 0 Å². The molecule has 174 valence electrons. The Balaban J connectivity index is 0.00000341. The van der Waals surface area contributed by atoms with Crippen molar-refractivity contribution in [1.29, 1.82) is 0 Å². The maximum Gasteiger partial charge on any atom is 0.410 e. The van der Waals surface area contributed by atoms with Gasteiger partial charge in [0.2, 0.25) is 10.0 Å². The average molecular weight is 565 g/mol.